The third-order valence-corrected chi connectivity index (χ3v) is 5.46. The molecule has 0 amide bonds. The fourth-order valence-electron chi connectivity index (χ4n) is 2.87. The first-order chi connectivity index (χ1) is 14.2. The second-order valence-electron chi connectivity index (χ2n) is 6.09. The number of aromatic nitrogens is 4. The van der Waals surface area contributed by atoms with Crippen LogP contribution in [0.3, 0.4) is 0 Å². The maximum absolute atomic E-state index is 12.5. The Kier molecular flexibility index (Phi) is 5.78. The first-order valence-electron chi connectivity index (χ1n) is 9.02. The molecule has 0 unspecified atom stereocenters. The Morgan fingerprint density at radius 3 is 2.66 bits per heavy atom. The lowest BCUT2D eigenvalue weighted by atomic mass is 10.1. The van der Waals surface area contributed by atoms with Crippen molar-refractivity contribution in [3.63, 3.8) is 0 Å². The van der Waals surface area contributed by atoms with Crippen molar-refractivity contribution in [2.75, 3.05) is 6.61 Å². The molecule has 0 spiro atoms. The summed E-state index contributed by atoms with van der Waals surface area (Å²) in [6, 6.07) is 17.2. The number of rotatable bonds is 6. The number of thioether (sulfide) groups is 1. The molecule has 0 bridgehead atoms. The molecule has 0 fully saturated rings. The maximum atomic E-state index is 12.5. The Morgan fingerprint density at radius 2 is 1.90 bits per heavy atom. The predicted octanol–water partition coefficient (Wildman–Crippen LogP) is 4.91. The summed E-state index contributed by atoms with van der Waals surface area (Å²) in [5, 5.41) is 5.85. The van der Waals surface area contributed by atoms with Gasteiger partial charge in [-0.2, -0.15) is 9.50 Å². The minimum atomic E-state index is -0.443. The lowest BCUT2D eigenvalue weighted by molar-refractivity contribution is 0.0526. The number of fused-ring (bicyclic) bond motifs is 1. The van der Waals surface area contributed by atoms with Gasteiger partial charge in [-0.15, -0.1) is 5.10 Å². The highest BCUT2D eigenvalue weighted by molar-refractivity contribution is 7.98. The molecular weight excluding hydrogens is 408 g/mol. The number of nitrogens with zero attached hydrogens (tertiary/aromatic N) is 4. The Balaban J connectivity index is 1.75. The van der Waals surface area contributed by atoms with E-state index in [0.717, 1.165) is 11.1 Å². The largest absolute Gasteiger partial charge is 0.462 e. The highest BCUT2D eigenvalue weighted by Crippen LogP contribution is 2.28. The highest BCUT2D eigenvalue weighted by Gasteiger charge is 2.20. The lowest BCUT2D eigenvalue weighted by Gasteiger charge is -2.09. The Bertz CT molecular complexity index is 1160. The van der Waals surface area contributed by atoms with Gasteiger partial charge in [0.2, 0.25) is 5.16 Å². The third-order valence-electron chi connectivity index (χ3n) is 4.20. The van der Waals surface area contributed by atoms with Gasteiger partial charge in [-0.25, -0.2) is 9.78 Å². The van der Waals surface area contributed by atoms with Crippen molar-refractivity contribution >= 4 is 35.1 Å². The number of esters is 1. The van der Waals surface area contributed by atoms with Crippen molar-refractivity contribution in [2.45, 2.75) is 17.8 Å². The zero-order valence-electron chi connectivity index (χ0n) is 15.6. The minimum Gasteiger partial charge on any atom is -0.462 e. The van der Waals surface area contributed by atoms with Crippen LogP contribution in [0.2, 0.25) is 5.02 Å². The number of benzene rings is 2. The van der Waals surface area contributed by atoms with Crippen LogP contribution in [0.1, 0.15) is 22.8 Å². The summed E-state index contributed by atoms with van der Waals surface area (Å²) in [5.41, 5.74) is 2.78. The fourth-order valence-corrected chi connectivity index (χ4v) is 3.97. The normalized spacial score (nSPS) is 11.0. The van der Waals surface area contributed by atoms with Crippen LogP contribution in [0.5, 0.6) is 0 Å². The van der Waals surface area contributed by atoms with Gasteiger partial charge in [-0.1, -0.05) is 71.9 Å². The molecule has 0 N–H and O–H groups in total. The van der Waals surface area contributed by atoms with Gasteiger partial charge in [0.05, 0.1) is 12.3 Å². The molecule has 0 saturated heterocycles. The van der Waals surface area contributed by atoms with Crippen molar-refractivity contribution in [3.05, 3.63) is 76.9 Å². The first kappa shape index (κ1) is 19.4. The molecule has 6 nitrogen and oxygen atoms in total. The number of halogens is 1. The second kappa shape index (κ2) is 8.63. The molecule has 0 saturated carbocycles. The highest BCUT2D eigenvalue weighted by atomic mass is 35.5. The molecule has 0 aliphatic heterocycles. The van der Waals surface area contributed by atoms with E-state index in [4.69, 9.17) is 16.3 Å². The standard InChI is InChI=1S/C21H17ClN4O2S/c1-2-28-19(27)16-12-23-20-24-21(29-13-15-10-6-7-11-17(15)22)25-26(20)18(16)14-8-4-3-5-9-14/h3-12H,2,13H2,1H3. The van der Waals surface area contributed by atoms with Gasteiger partial charge in [-0.05, 0) is 18.6 Å². The monoisotopic (exact) mass is 424 g/mol. The Morgan fingerprint density at radius 1 is 1.14 bits per heavy atom. The summed E-state index contributed by atoms with van der Waals surface area (Å²) < 4.78 is 6.80. The molecule has 4 aromatic rings. The summed E-state index contributed by atoms with van der Waals surface area (Å²) in [6.07, 6.45) is 1.49. The van der Waals surface area contributed by atoms with Crippen LogP contribution < -0.4 is 0 Å². The molecule has 0 aliphatic rings. The Labute approximate surface area is 176 Å². The van der Waals surface area contributed by atoms with Gasteiger partial charge < -0.3 is 4.74 Å². The van der Waals surface area contributed by atoms with E-state index in [2.05, 4.69) is 15.1 Å². The predicted molar refractivity (Wildman–Crippen MR) is 113 cm³/mol. The summed E-state index contributed by atoms with van der Waals surface area (Å²) in [5.74, 6) is 0.599. The van der Waals surface area contributed by atoms with E-state index in [0.29, 0.717) is 33.0 Å². The molecule has 8 heteroatoms. The van der Waals surface area contributed by atoms with E-state index in [9.17, 15) is 4.79 Å². The molecule has 2 heterocycles. The van der Waals surface area contributed by atoms with Crippen LogP contribution >= 0.6 is 23.4 Å². The summed E-state index contributed by atoms with van der Waals surface area (Å²) >= 11 is 7.69. The molecule has 2 aromatic heterocycles. The van der Waals surface area contributed by atoms with Crippen LogP contribution in [-0.4, -0.2) is 32.2 Å². The SMILES string of the molecule is CCOC(=O)c1cnc2nc(SCc3ccccc3Cl)nn2c1-c1ccccc1. The Hall–Kier alpha value is -2.90. The van der Waals surface area contributed by atoms with Crippen molar-refractivity contribution in [3.8, 4) is 11.3 Å². The van der Waals surface area contributed by atoms with Gasteiger partial charge in [0.15, 0.2) is 0 Å². The van der Waals surface area contributed by atoms with E-state index in [1.165, 1.54) is 18.0 Å². The van der Waals surface area contributed by atoms with Crippen LogP contribution in [0, 0.1) is 0 Å². The van der Waals surface area contributed by atoms with Crippen LogP contribution in [0.15, 0.2) is 66.0 Å². The quantitative estimate of drug-likeness (QED) is 0.323. The molecule has 29 heavy (non-hydrogen) atoms. The fraction of sp³-hybridized carbons (Fsp3) is 0.143. The molecule has 0 aliphatic carbocycles. The molecular formula is C21H17ClN4O2S. The number of hydrogen-bond donors (Lipinski definition) is 0. The lowest BCUT2D eigenvalue weighted by Crippen LogP contribution is -2.11. The van der Waals surface area contributed by atoms with Crippen molar-refractivity contribution in [1.82, 2.24) is 19.6 Å². The molecule has 0 radical (unpaired) electrons. The van der Waals surface area contributed by atoms with Crippen LogP contribution in [0.25, 0.3) is 17.0 Å². The minimum absolute atomic E-state index is 0.279. The number of carbonyl (C=O) groups excluding carboxylic acids is 1. The first-order valence-corrected chi connectivity index (χ1v) is 10.4. The third kappa shape index (κ3) is 4.11. The van der Waals surface area contributed by atoms with E-state index in [1.807, 2.05) is 54.6 Å². The summed E-state index contributed by atoms with van der Waals surface area (Å²) in [7, 11) is 0. The number of hydrogen-bond acceptors (Lipinski definition) is 6. The second-order valence-corrected chi connectivity index (χ2v) is 7.44. The van der Waals surface area contributed by atoms with Gasteiger partial charge in [0.1, 0.15) is 5.56 Å². The zero-order valence-corrected chi connectivity index (χ0v) is 17.2. The molecule has 4 rings (SSSR count). The maximum Gasteiger partial charge on any atom is 0.341 e. The van der Waals surface area contributed by atoms with Crippen LogP contribution in [0.4, 0.5) is 0 Å². The summed E-state index contributed by atoms with van der Waals surface area (Å²) in [4.78, 5) is 21.3. The number of ether oxygens (including phenoxy) is 1. The smallest absolute Gasteiger partial charge is 0.341 e. The zero-order chi connectivity index (χ0) is 20.2. The molecule has 0 atom stereocenters. The van der Waals surface area contributed by atoms with Gasteiger partial charge >= 0.3 is 5.97 Å². The van der Waals surface area contributed by atoms with E-state index < -0.39 is 5.97 Å². The van der Waals surface area contributed by atoms with Crippen molar-refractivity contribution in [2.24, 2.45) is 0 Å². The average molecular weight is 425 g/mol. The van der Waals surface area contributed by atoms with Gasteiger partial charge in [0, 0.05) is 22.5 Å². The molecule has 146 valence electrons. The van der Waals surface area contributed by atoms with Crippen LogP contribution in [-0.2, 0) is 10.5 Å². The van der Waals surface area contributed by atoms with E-state index in [-0.39, 0.29) is 6.61 Å². The molecule has 2 aromatic carbocycles. The van der Waals surface area contributed by atoms with E-state index in [1.54, 1.807) is 11.4 Å². The summed E-state index contributed by atoms with van der Waals surface area (Å²) in [6.45, 7) is 2.05. The number of carbonyl (C=O) groups is 1. The van der Waals surface area contributed by atoms with E-state index >= 15 is 0 Å². The van der Waals surface area contributed by atoms with Crippen molar-refractivity contribution in [1.29, 1.82) is 0 Å². The van der Waals surface area contributed by atoms with Crippen molar-refractivity contribution < 1.29 is 9.53 Å². The van der Waals surface area contributed by atoms with Gasteiger partial charge in [-0.3, -0.25) is 0 Å². The van der Waals surface area contributed by atoms with Gasteiger partial charge in [0.25, 0.3) is 5.78 Å². The topological polar surface area (TPSA) is 69.4 Å². The average Bonchev–Trinajstić information content (AvgIpc) is 3.16.